The lowest BCUT2D eigenvalue weighted by atomic mass is 9.98. The molecule has 2 aliphatic heterocycles. The van der Waals surface area contributed by atoms with Crippen molar-refractivity contribution in [2.75, 3.05) is 25.9 Å². The molecule has 0 aliphatic carbocycles. The van der Waals surface area contributed by atoms with Gasteiger partial charge in [-0.25, -0.2) is 8.42 Å². The smallest absolute Gasteiger partial charge is 0.238 e. The molecule has 3 rings (SSSR count). The number of nitrogens with one attached hydrogen (secondary N) is 1. The van der Waals surface area contributed by atoms with Crippen LogP contribution < -0.4 is 5.32 Å². The van der Waals surface area contributed by atoms with Crippen molar-refractivity contribution >= 4 is 15.9 Å². The van der Waals surface area contributed by atoms with E-state index in [9.17, 15) is 13.2 Å². The minimum absolute atomic E-state index is 0.156. The van der Waals surface area contributed by atoms with Crippen LogP contribution in [0, 0.1) is 0 Å². The fourth-order valence-corrected chi connectivity index (χ4v) is 5.39. The Morgan fingerprint density at radius 1 is 1.22 bits per heavy atom. The van der Waals surface area contributed by atoms with Gasteiger partial charge in [0.1, 0.15) is 6.04 Å². The third-order valence-electron chi connectivity index (χ3n) is 5.84. The molecule has 0 aromatic heterocycles. The van der Waals surface area contributed by atoms with Crippen molar-refractivity contribution in [3.05, 3.63) is 35.4 Å². The number of benzene rings is 1. The zero-order valence-corrected chi connectivity index (χ0v) is 17.2. The third-order valence-corrected chi connectivity index (χ3v) is 7.13. The second-order valence-electron chi connectivity index (χ2n) is 7.68. The van der Waals surface area contributed by atoms with E-state index in [4.69, 9.17) is 0 Å². The Labute approximate surface area is 163 Å². The van der Waals surface area contributed by atoms with Crippen molar-refractivity contribution in [2.45, 2.75) is 57.7 Å². The summed E-state index contributed by atoms with van der Waals surface area (Å²) >= 11 is 0. The van der Waals surface area contributed by atoms with Crippen LogP contribution in [0.5, 0.6) is 0 Å². The zero-order chi connectivity index (χ0) is 19.4. The predicted molar refractivity (Wildman–Crippen MR) is 107 cm³/mol. The molecule has 0 unspecified atom stereocenters. The zero-order valence-electron chi connectivity index (χ0n) is 16.4. The van der Waals surface area contributed by atoms with Gasteiger partial charge in [-0.1, -0.05) is 37.6 Å². The van der Waals surface area contributed by atoms with Gasteiger partial charge in [-0.3, -0.25) is 9.69 Å². The second kappa shape index (κ2) is 8.71. The van der Waals surface area contributed by atoms with Crippen LogP contribution in [-0.2, 0) is 27.8 Å². The van der Waals surface area contributed by atoms with E-state index in [-0.39, 0.29) is 11.9 Å². The van der Waals surface area contributed by atoms with E-state index in [0.29, 0.717) is 19.5 Å². The van der Waals surface area contributed by atoms with E-state index in [0.717, 1.165) is 38.8 Å². The molecule has 27 heavy (non-hydrogen) atoms. The number of hydrogen-bond acceptors (Lipinski definition) is 4. The number of fused-ring (bicyclic) bond motifs is 1. The lowest BCUT2D eigenvalue weighted by Crippen LogP contribution is -2.54. The normalized spacial score (nSPS) is 22.8. The Balaban J connectivity index is 1.60. The molecule has 0 saturated carbocycles. The number of sulfonamides is 1. The monoisotopic (exact) mass is 393 g/mol. The molecule has 1 aromatic rings. The Morgan fingerprint density at radius 2 is 1.96 bits per heavy atom. The highest BCUT2D eigenvalue weighted by atomic mass is 32.2. The van der Waals surface area contributed by atoms with Crippen LogP contribution in [-0.4, -0.2) is 61.5 Å². The van der Waals surface area contributed by atoms with Crippen LogP contribution in [0.15, 0.2) is 24.3 Å². The van der Waals surface area contributed by atoms with Crippen molar-refractivity contribution in [3.63, 3.8) is 0 Å². The lowest BCUT2D eigenvalue weighted by Gasteiger charge is -2.36. The summed E-state index contributed by atoms with van der Waals surface area (Å²) in [7, 11) is -3.36. The molecule has 2 atom stereocenters. The van der Waals surface area contributed by atoms with Crippen LogP contribution in [0.4, 0.5) is 0 Å². The van der Waals surface area contributed by atoms with Crippen LogP contribution in [0.2, 0.25) is 0 Å². The standard InChI is InChI=1S/C20H31N3O3S/c1-3-18(22-13-11-16-8-4-5-9-17(16)15-22)14-21-20(24)19-10-6-7-12-23(19)27(2,25)26/h4-5,8-9,18-19H,3,6-7,10-15H2,1-2H3,(H,21,24)/t18-,19-/m1/s1. The minimum atomic E-state index is -3.36. The number of carbonyl (C=O) groups excluding carboxylic acids is 1. The van der Waals surface area contributed by atoms with E-state index in [1.165, 1.54) is 21.7 Å². The Kier molecular flexibility index (Phi) is 6.55. The van der Waals surface area contributed by atoms with Crippen LogP contribution in [0.1, 0.15) is 43.7 Å². The molecule has 7 heteroatoms. The summed E-state index contributed by atoms with van der Waals surface area (Å²) in [5, 5.41) is 3.04. The molecule has 1 N–H and O–H groups in total. The Morgan fingerprint density at radius 3 is 2.67 bits per heavy atom. The maximum absolute atomic E-state index is 12.7. The van der Waals surface area contributed by atoms with Crippen molar-refractivity contribution < 1.29 is 13.2 Å². The summed E-state index contributed by atoms with van der Waals surface area (Å²) in [6.07, 6.45) is 5.49. The van der Waals surface area contributed by atoms with Crippen molar-refractivity contribution in [1.82, 2.24) is 14.5 Å². The molecule has 1 fully saturated rings. The topological polar surface area (TPSA) is 69.7 Å². The summed E-state index contributed by atoms with van der Waals surface area (Å²) in [5.74, 6) is -0.156. The fraction of sp³-hybridized carbons (Fsp3) is 0.650. The highest BCUT2D eigenvalue weighted by molar-refractivity contribution is 7.88. The fourth-order valence-electron chi connectivity index (χ4n) is 4.26. The number of rotatable bonds is 6. The van der Waals surface area contributed by atoms with Gasteiger partial charge in [-0.15, -0.1) is 0 Å². The Hall–Kier alpha value is -1.44. The van der Waals surface area contributed by atoms with Gasteiger partial charge in [0.15, 0.2) is 0 Å². The average Bonchev–Trinajstić information content (AvgIpc) is 2.67. The predicted octanol–water partition coefficient (Wildman–Crippen LogP) is 1.75. The molecule has 1 saturated heterocycles. The van der Waals surface area contributed by atoms with E-state index in [1.54, 1.807) is 0 Å². The first kappa shape index (κ1) is 20.3. The number of nitrogens with zero attached hydrogens (tertiary/aromatic N) is 2. The van der Waals surface area contributed by atoms with Gasteiger partial charge in [-0.2, -0.15) is 4.31 Å². The molecule has 1 aromatic carbocycles. The summed E-state index contributed by atoms with van der Waals surface area (Å²) in [4.78, 5) is 15.1. The first-order chi connectivity index (χ1) is 12.9. The van der Waals surface area contributed by atoms with Gasteiger partial charge in [0.25, 0.3) is 0 Å². The molecule has 2 heterocycles. The van der Waals surface area contributed by atoms with E-state index in [2.05, 4.69) is 41.4 Å². The van der Waals surface area contributed by atoms with Gasteiger partial charge >= 0.3 is 0 Å². The van der Waals surface area contributed by atoms with Gasteiger partial charge in [-0.05, 0) is 36.8 Å². The van der Waals surface area contributed by atoms with E-state index in [1.807, 2.05) is 0 Å². The molecular weight excluding hydrogens is 362 g/mol. The number of carbonyl (C=O) groups is 1. The van der Waals surface area contributed by atoms with Gasteiger partial charge < -0.3 is 5.32 Å². The van der Waals surface area contributed by atoms with E-state index >= 15 is 0 Å². The van der Waals surface area contributed by atoms with Gasteiger partial charge in [0.05, 0.1) is 6.26 Å². The lowest BCUT2D eigenvalue weighted by molar-refractivity contribution is -0.126. The molecule has 150 valence electrons. The molecule has 2 aliphatic rings. The van der Waals surface area contributed by atoms with Gasteiger partial charge in [0.2, 0.25) is 15.9 Å². The van der Waals surface area contributed by atoms with Crippen molar-refractivity contribution in [3.8, 4) is 0 Å². The minimum Gasteiger partial charge on any atom is -0.353 e. The maximum Gasteiger partial charge on any atom is 0.238 e. The van der Waals surface area contributed by atoms with E-state index < -0.39 is 16.1 Å². The Bertz CT molecular complexity index is 765. The van der Waals surface area contributed by atoms with Crippen LogP contribution in [0.25, 0.3) is 0 Å². The number of amides is 1. The molecule has 0 radical (unpaired) electrons. The molecule has 0 spiro atoms. The largest absolute Gasteiger partial charge is 0.353 e. The first-order valence-corrected chi connectivity index (χ1v) is 11.8. The van der Waals surface area contributed by atoms with Crippen molar-refractivity contribution in [2.24, 2.45) is 0 Å². The number of hydrogen-bond donors (Lipinski definition) is 1. The summed E-state index contributed by atoms with van der Waals surface area (Å²) in [5.41, 5.74) is 2.78. The molecule has 0 bridgehead atoms. The summed E-state index contributed by atoms with van der Waals surface area (Å²) < 4.78 is 25.4. The van der Waals surface area contributed by atoms with Crippen molar-refractivity contribution in [1.29, 1.82) is 0 Å². The maximum atomic E-state index is 12.7. The number of piperidine rings is 1. The third kappa shape index (κ3) is 4.89. The molecular formula is C20H31N3O3S. The molecule has 1 amide bonds. The highest BCUT2D eigenvalue weighted by Crippen LogP contribution is 2.22. The SMILES string of the molecule is CC[C@H](CNC(=O)[C@H]1CCCCN1S(C)(=O)=O)N1CCc2ccccc2C1. The summed E-state index contributed by atoms with van der Waals surface area (Å²) in [6, 6.07) is 8.24. The second-order valence-corrected chi connectivity index (χ2v) is 9.62. The average molecular weight is 394 g/mol. The first-order valence-electron chi connectivity index (χ1n) is 9.95. The van der Waals surface area contributed by atoms with Gasteiger partial charge in [0, 0.05) is 32.2 Å². The highest BCUT2D eigenvalue weighted by Gasteiger charge is 2.34. The summed E-state index contributed by atoms with van der Waals surface area (Å²) in [6.45, 7) is 5.04. The van der Waals surface area contributed by atoms with Crippen LogP contribution >= 0.6 is 0 Å². The quantitative estimate of drug-likeness (QED) is 0.799. The van der Waals surface area contributed by atoms with Crippen LogP contribution in [0.3, 0.4) is 0 Å². The molecule has 6 nitrogen and oxygen atoms in total.